The molecule has 0 heterocycles. The van der Waals surface area contributed by atoms with Crippen molar-refractivity contribution in [1.82, 2.24) is 5.32 Å². The molecule has 0 aromatic rings. The molecule has 0 aromatic heterocycles. The van der Waals surface area contributed by atoms with Crippen molar-refractivity contribution < 1.29 is 0 Å². The van der Waals surface area contributed by atoms with Crippen LogP contribution in [-0.4, -0.2) is 31.6 Å². The average Bonchev–Trinajstić information content (AvgIpc) is 2.29. The van der Waals surface area contributed by atoms with Gasteiger partial charge in [0, 0.05) is 12.6 Å². The monoisotopic (exact) mass is 227 g/mol. The minimum atomic E-state index is 0.184. The Bertz CT molecular complexity index is 204. The fourth-order valence-corrected chi connectivity index (χ4v) is 2.20. The molecule has 94 valence electrons. The second kappa shape index (κ2) is 7.46. The van der Waals surface area contributed by atoms with Gasteiger partial charge in [0.15, 0.2) is 5.96 Å². The standard InChI is InChI=1S/C11H25N5/c12-8-9-2-4-10(5-3-9)15-6-1-7-16-11(13)14/h9-10,15H,1-8,12H2,(H4,13,14,16). The van der Waals surface area contributed by atoms with Crippen LogP contribution in [0.5, 0.6) is 0 Å². The first-order chi connectivity index (χ1) is 7.72. The maximum atomic E-state index is 5.66. The summed E-state index contributed by atoms with van der Waals surface area (Å²) in [5.74, 6) is 0.933. The average molecular weight is 227 g/mol. The molecule has 0 bridgehead atoms. The van der Waals surface area contributed by atoms with Crippen LogP contribution in [0.2, 0.25) is 0 Å². The molecule has 0 atom stereocenters. The van der Waals surface area contributed by atoms with Gasteiger partial charge in [0.1, 0.15) is 0 Å². The van der Waals surface area contributed by atoms with Crippen LogP contribution in [0.15, 0.2) is 4.99 Å². The summed E-state index contributed by atoms with van der Waals surface area (Å²) in [4.78, 5) is 3.95. The molecule has 7 N–H and O–H groups in total. The SMILES string of the molecule is NCC1CCC(NCCCN=C(N)N)CC1. The van der Waals surface area contributed by atoms with Gasteiger partial charge in [-0.25, -0.2) is 0 Å². The van der Waals surface area contributed by atoms with E-state index in [0.717, 1.165) is 25.4 Å². The van der Waals surface area contributed by atoms with Gasteiger partial charge in [0.25, 0.3) is 0 Å². The summed E-state index contributed by atoms with van der Waals surface area (Å²) < 4.78 is 0. The number of guanidine groups is 1. The number of aliphatic imine (C=N–C) groups is 1. The molecule has 0 unspecified atom stereocenters. The molecule has 1 aliphatic rings. The van der Waals surface area contributed by atoms with Gasteiger partial charge in [-0.3, -0.25) is 4.99 Å². The normalized spacial score (nSPS) is 25.3. The minimum absolute atomic E-state index is 0.184. The number of hydrogen-bond acceptors (Lipinski definition) is 3. The highest BCUT2D eigenvalue weighted by atomic mass is 15.0. The van der Waals surface area contributed by atoms with Gasteiger partial charge in [-0.2, -0.15) is 0 Å². The van der Waals surface area contributed by atoms with Crippen molar-refractivity contribution in [2.24, 2.45) is 28.1 Å². The van der Waals surface area contributed by atoms with E-state index in [1.165, 1.54) is 25.7 Å². The highest BCUT2D eigenvalue weighted by Crippen LogP contribution is 2.22. The highest BCUT2D eigenvalue weighted by molar-refractivity contribution is 5.75. The smallest absolute Gasteiger partial charge is 0.185 e. The maximum absolute atomic E-state index is 5.66. The molecule has 5 heteroatoms. The Morgan fingerprint density at radius 1 is 1.19 bits per heavy atom. The molecular formula is C11H25N5. The summed E-state index contributed by atoms with van der Waals surface area (Å²) in [5.41, 5.74) is 16.1. The van der Waals surface area contributed by atoms with Gasteiger partial charge in [-0.15, -0.1) is 0 Å². The van der Waals surface area contributed by atoms with Crippen molar-refractivity contribution in [2.45, 2.75) is 38.1 Å². The van der Waals surface area contributed by atoms with E-state index in [4.69, 9.17) is 17.2 Å². The third-order valence-electron chi connectivity index (χ3n) is 3.24. The van der Waals surface area contributed by atoms with E-state index in [-0.39, 0.29) is 5.96 Å². The summed E-state index contributed by atoms with van der Waals surface area (Å²) in [6, 6.07) is 0.669. The van der Waals surface area contributed by atoms with Crippen LogP contribution in [0, 0.1) is 5.92 Å². The van der Waals surface area contributed by atoms with E-state index in [2.05, 4.69) is 10.3 Å². The summed E-state index contributed by atoms with van der Waals surface area (Å²) in [7, 11) is 0. The lowest BCUT2D eigenvalue weighted by Crippen LogP contribution is -2.35. The van der Waals surface area contributed by atoms with E-state index >= 15 is 0 Å². The molecule has 16 heavy (non-hydrogen) atoms. The first kappa shape index (κ1) is 13.3. The predicted molar refractivity (Wildman–Crippen MR) is 68.1 cm³/mol. The van der Waals surface area contributed by atoms with E-state index in [0.29, 0.717) is 12.6 Å². The van der Waals surface area contributed by atoms with Crippen LogP contribution in [0.25, 0.3) is 0 Å². The van der Waals surface area contributed by atoms with Gasteiger partial charge < -0.3 is 22.5 Å². The predicted octanol–water partition coefficient (Wildman–Crippen LogP) is -0.243. The van der Waals surface area contributed by atoms with Crippen molar-refractivity contribution in [2.75, 3.05) is 19.6 Å². The zero-order valence-corrected chi connectivity index (χ0v) is 9.99. The van der Waals surface area contributed by atoms with Crippen LogP contribution in [0.1, 0.15) is 32.1 Å². The fourth-order valence-electron chi connectivity index (χ4n) is 2.20. The van der Waals surface area contributed by atoms with Gasteiger partial charge in [-0.05, 0) is 51.1 Å². The second-order valence-electron chi connectivity index (χ2n) is 4.57. The van der Waals surface area contributed by atoms with Crippen molar-refractivity contribution in [1.29, 1.82) is 0 Å². The van der Waals surface area contributed by atoms with Crippen LogP contribution >= 0.6 is 0 Å². The molecule has 1 saturated carbocycles. The first-order valence-corrected chi connectivity index (χ1v) is 6.21. The summed E-state index contributed by atoms with van der Waals surface area (Å²) >= 11 is 0. The summed E-state index contributed by atoms with van der Waals surface area (Å²) in [5, 5.41) is 3.55. The third-order valence-corrected chi connectivity index (χ3v) is 3.24. The molecule has 0 amide bonds. The van der Waals surface area contributed by atoms with Crippen LogP contribution < -0.4 is 22.5 Å². The van der Waals surface area contributed by atoms with Gasteiger partial charge in [-0.1, -0.05) is 0 Å². The summed E-state index contributed by atoms with van der Waals surface area (Å²) in [6.45, 7) is 2.55. The zero-order valence-electron chi connectivity index (χ0n) is 9.99. The molecular weight excluding hydrogens is 202 g/mol. The van der Waals surface area contributed by atoms with Crippen molar-refractivity contribution in [3.63, 3.8) is 0 Å². The van der Waals surface area contributed by atoms with Crippen LogP contribution in [0.4, 0.5) is 0 Å². The largest absolute Gasteiger partial charge is 0.370 e. The number of nitrogens with zero attached hydrogens (tertiary/aromatic N) is 1. The Balaban J connectivity index is 2.00. The molecule has 1 fully saturated rings. The van der Waals surface area contributed by atoms with Gasteiger partial charge in [0.2, 0.25) is 0 Å². The lowest BCUT2D eigenvalue weighted by molar-refractivity contribution is 0.297. The minimum Gasteiger partial charge on any atom is -0.370 e. The fraction of sp³-hybridized carbons (Fsp3) is 0.909. The van der Waals surface area contributed by atoms with E-state index in [1.807, 2.05) is 0 Å². The molecule has 0 spiro atoms. The number of nitrogens with one attached hydrogen (secondary N) is 1. The van der Waals surface area contributed by atoms with Crippen molar-refractivity contribution in [3.8, 4) is 0 Å². The summed E-state index contributed by atoms with van der Waals surface area (Å²) in [6.07, 6.45) is 6.03. The Kier molecular flexibility index (Phi) is 6.18. The molecule has 5 nitrogen and oxygen atoms in total. The Morgan fingerprint density at radius 2 is 1.88 bits per heavy atom. The number of rotatable bonds is 6. The molecule has 1 rings (SSSR count). The topological polar surface area (TPSA) is 102 Å². The third kappa shape index (κ3) is 5.32. The highest BCUT2D eigenvalue weighted by Gasteiger charge is 2.19. The van der Waals surface area contributed by atoms with Gasteiger partial charge >= 0.3 is 0 Å². The zero-order chi connectivity index (χ0) is 11.8. The van der Waals surface area contributed by atoms with E-state index in [1.54, 1.807) is 0 Å². The maximum Gasteiger partial charge on any atom is 0.185 e. The molecule has 0 aromatic carbocycles. The molecule has 0 radical (unpaired) electrons. The van der Waals surface area contributed by atoms with Crippen molar-refractivity contribution in [3.05, 3.63) is 0 Å². The lowest BCUT2D eigenvalue weighted by Gasteiger charge is -2.28. The molecule has 1 aliphatic carbocycles. The second-order valence-corrected chi connectivity index (χ2v) is 4.57. The Labute approximate surface area is 97.8 Å². The van der Waals surface area contributed by atoms with Crippen molar-refractivity contribution >= 4 is 5.96 Å². The lowest BCUT2D eigenvalue weighted by atomic mass is 9.86. The molecule has 0 saturated heterocycles. The molecule has 0 aliphatic heterocycles. The van der Waals surface area contributed by atoms with Crippen LogP contribution in [-0.2, 0) is 0 Å². The Hall–Kier alpha value is -0.810. The van der Waals surface area contributed by atoms with E-state index < -0.39 is 0 Å². The number of hydrogen-bond donors (Lipinski definition) is 4. The van der Waals surface area contributed by atoms with Gasteiger partial charge in [0.05, 0.1) is 0 Å². The number of nitrogens with two attached hydrogens (primary N) is 3. The van der Waals surface area contributed by atoms with E-state index in [9.17, 15) is 0 Å². The quantitative estimate of drug-likeness (QED) is 0.285. The first-order valence-electron chi connectivity index (χ1n) is 6.21. The Morgan fingerprint density at radius 3 is 2.44 bits per heavy atom. The van der Waals surface area contributed by atoms with Crippen LogP contribution in [0.3, 0.4) is 0 Å².